The summed E-state index contributed by atoms with van der Waals surface area (Å²) in [6, 6.07) is 2.37. The van der Waals surface area contributed by atoms with E-state index in [9.17, 15) is 4.79 Å². The highest BCUT2D eigenvalue weighted by atomic mass is 16.5. The Kier molecular flexibility index (Phi) is 3.19. The molecule has 1 fully saturated rings. The molecule has 0 aromatic carbocycles. The van der Waals surface area contributed by atoms with E-state index in [4.69, 9.17) is 4.74 Å². The molecule has 94 valence electrons. The molecule has 2 rings (SSSR count). The molecule has 17 heavy (non-hydrogen) atoms. The van der Waals surface area contributed by atoms with E-state index >= 15 is 0 Å². The van der Waals surface area contributed by atoms with Crippen molar-refractivity contribution in [3.8, 4) is 0 Å². The lowest BCUT2D eigenvalue weighted by Gasteiger charge is -2.28. The zero-order chi connectivity index (χ0) is 12.5. The minimum absolute atomic E-state index is 0.238. The fraction of sp³-hybridized carbons (Fsp3) is 0.667. The zero-order valence-corrected chi connectivity index (χ0v) is 10.6. The van der Waals surface area contributed by atoms with Crippen molar-refractivity contribution < 1.29 is 9.53 Å². The number of hydrogen-bond donors (Lipinski definition) is 1. The molecule has 0 bridgehead atoms. The van der Waals surface area contributed by atoms with Crippen LogP contribution < -0.4 is 5.32 Å². The van der Waals surface area contributed by atoms with Crippen LogP contribution in [0.2, 0.25) is 0 Å². The van der Waals surface area contributed by atoms with E-state index in [-0.39, 0.29) is 5.97 Å². The van der Waals surface area contributed by atoms with Crippen LogP contribution in [-0.4, -0.2) is 34.4 Å². The van der Waals surface area contributed by atoms with E-state index in [2.05, 4.69) is 10.4 Å². The molecule has 1 atom stereocenters. The monoisotopic (exact) mass is 237 g/mol. The lowest BCUT2D eigenvalue weighted by Crippen LogP contribution is -2.54. The summed E-state index contributed by atoms with van der Waals surface area (Å²) in [5, 5.41) is 7.65. The van der Waals surface area contributed by atoms with Gasteiger partial charge in [-0.05, 0) is 32.8 Å². The summed E-state index contributed by atoms with van der Waals surface area (Å²) in [5.74, 6) is -0.238. The van der Waals surface area contributed by atoms with Gasteiger partial charge in [0.2, 0.25) is 0 Å². The number of ether oxygens (including phenoxy) is 1. The average molecular weight is 237 g/mol. The first kappa shape index (κ1) is 12.1. The van der Waals surface area contributed by atoms with Gasteiger partial charge in [-0.25, -0.2) is 4.79 Å². The first-order valence-corrected chi connectivity index (χ1v) is 5.90. The van der Waals surface area contributed by atoms with Crippen molar-refractivity contribution >= 4 is 5.97 Å². The molecular formula is C12H19N3O2. The molecule has 5 heteroatoms. The van der Waals surface area contributed by atoms with Crippen molar-refractivity contribution in [1.82, 2.24) is 15.1 Å². The number of carbonyl (C=O) groups is 1. The van der Waals surface area contributed by atoms with Crippen LogP contribution in [0.5, 0.6) is 0 Å². The number of hydrogen-bond acceptors (Lipinski definition) is 4. The number of aromatic nitrogens is 2. The maximum atomic E-state index is 11.9. The van der Waals surface area contributed by atoms with Crippen LogP contribution in [0.3, 0.4) is 0 Å². The molecule has 1 aromatic heterocycles. The largest absolute Gasteiger partial charge is 0.468 e. The number of carbonyl (C=O) groups excluding carboxylic acids is 1. The highest BCUT2D eigenvalue weighted by Crippen LogP contribution is 2.24. The maximum absolute atomic E-state index is 11.9. The minimum Gasteiger partial charge on any atom is -0.468 e. The van der Waals surface area contributed by atoms with Crippen LogP contribution in [0.25, 0.3) is 0 Å². The van der Waals surface area contributed by atoms with Crippen LogP contribution in [0.4, 0.5) is 0 Å². The second-order valence-electron chi connectivity index (χ2n) is 4.90. The lowest BCUT2D eigenvalue weighted by atomic mass is 10.0. The third-order valence-electron chi connectivity index (χ3n) is 2.99. The summed E-state index contributed by atoms with van der Waals surface area (Å²) in [7, 11) is 1.42. The summed E-state index contributed by atoms with van der Waals surface area (Å²) in [6.45, 7) is 4.29. The third-order valence-corrected chi connectivity index (χ3v) is 2.99. The molecule has 1 aromatic rings. The first-order chi connectivity index (χ1) is 8.03. The highest BCUT2D eigenvalue weighted by molar-refractivity contribution is 5.80. The predicted molar refractivity (Wildman–Crippen MR) is 63.5 cm³/mol. The van der Waals surface area contributed by atoms with E-state index in [0.29, 0.717) is 12.6 Å². The number of esters is 1. The quantitative estimate of drug-likeness (QED) is 0.772. The first-order valence-electron chi connectivity index (χ1n) is 5.90. The van der Waals surface area contributed by atoms with Crippen LogP contribution in [0.15, 0.2) is 12.3 Å². The molecule has 1 aliphatic rings. The second kappa shape index (κ2) is 4.49. The fourth-order valence-corrected chi connectivity index (χ4v) is 1.95. The van der Waals surface area contributed by atoms with Gasteiger partial charge < -0.3 is 4.74 Å². The van der Waals surface area contributed by atoms with Crippen molar-refractivity contribution in [3.05, 3.63) is 18.0 Å². The molecular weight excluding hydrogens is 218 g/mol. The van der Waals surface area contributed by atoms with Gasteiger partial charge in [-0.3, -0.25) is 10.00 Å². The molecule has 0 aliphatic heterocycles. The lowest BCUT2D eigenvalue weighted by molar-refractivity contribution is -0.148. The molecule has 0 saturated heterocycles. The van der Waals surface area contributed by atoms with Gasteiger partial charge in [-0.15, -0.1) is 0 Å². The van der Waals surface area contributed by atoms with Crippen LogP contribution in [-0.2, 0) is 16.1 Å². The van der Waals surface area contributed by atoms with Gasteiger partial charge in [0, 0.05) is 12.2 Å². The number of nitrogens with one attached hydrogen (secondary N) is 1. The summed E-state index contributed by atoms with van der Waals surface area (Å²) >= 11 is 0. The Labute approximate surface area is 101 Å². The van der Waals surface area contributed by atoms with Crippen LogP contribution in [0.1, 0.15) is 25.5 Å². The second-order valence-corrected chi connectivity index (χ2v) is 4.90. The van der Waals surface area contributed by atoms with E-state index in [0.717, 1.165) is 18.5 Å². The van der Waals surface area contributed by atoms with E-state index in [1.54, 1.807) is 4.68 Å². The summed E-state index contributed by atoms with van der Waals surface area (Å²) < 4.78 is 6.66. The maximum Gasteiger partial charge on any atom is 0.327 e. The van der Waals surface area contributed by atoms with E-state index in [1.807, 2.05) is 26.1 Å². The number of rotatable bonds is 5. The molecule has 1 aliphatic carbocycles. The van der Waals surface area contributed by atoms with Gasteiger partial charge in [-0.2, -0.15) is 5.10 Å². The van der Waals surface area contributed by atoms with E-state index < -0.39 is 5.54 Å². The molecule has 0 amide bonds. The van der Waals surface area contributed by atoms with Crippen molar-refractivity contribution in [1.29, 1.82) is 0 Å². The standard InChI is InChI=1S/C12H19N3O2/c1-9-6-7-15(14-9)8-12(2,11(16)17-3)13-10-4-5-10/h6-7,10,13H,4-5,8H2,1-3H3. The number of methoxy groups -OCH3 is 1. The molecule has 1 heterocycles. The Bertz CT molecular complexity index is 412. The molecule has 5 nitrogen and oxygen atoms in total. The van der Waals surface area contributed by atoms with Gasteiger partial charge in [0.15, 0.2) is 0 Å². The van der Waals surface area contributed by atoms with Crippen molar-refractivity contribution in [3.63, 3.8) is 0 Å². The fourth-order valence-electron chi connectivity index (χ4n) is 1.95. The van der Waals surface area contributed by atoms with Gasteiger partial charge in [0.1, 0.15) is 5.54 Å². The Balaban J connectivity index is 2.11. The predicted octanol–water partition coefficient (Wildman–Crippen LogP) is 0.875. The normalized spacial score (nSPS) is 18.8. The smallest absolute Gasteiger partial charge is 0.327 e. The number of aryl methyl sites for hydroxylation is 1. The van der Waals surface area contributed by atoms with Crippen LogP contribution in [0, 0.1) is 6.92 Å². The number of nitrogens with zero attached hydrogens (tertiary/aromatic N) is 2. The van der Waals surface area contributed by atoms with Gasteiger partial charge in [-0.1, -0.05) is 0 Å². The van der Waals surface area contributed by atoms with Gasteiger partial charge >= 0.3 is 5.97 Å². The molecule has 1 N–H and O–H groups in total. The Morgan fingerprint density at radius 3 is 2.88 bits per heavy atom. The van der Waals surface area contributed by atoms with Gasteiger partial charge in [0.25, 0.3) is 0 Å². The average Bonchev–Trinajstić information content (AvgIpc) is 3.00. The van der Waals surface area contributed by atoms with Crippen molar-refractivity contribution in [2.45, 2.75) is 44.8 Å². The van der Waals surface area contributed by atoms with Gasteiger partial charge in [0.05, 0.1) is 19.3 Å². The van der Waals surface area contributed by atoms with Crippen LogP contribution >= 0.6 is 0 Å². The molecule has 0 spiro atoms. The van der Waals surface area contributed by atoms with Crippen molar-refractivity contribution in [2.75, 3.05) is 7.11 Å². The summed E-state index contributed by atoms with van der Waals surface area (Å²) in [6.07, 6.45) is 4.14. The third kappa shape index (κ3) is 2.85. The summed E-state index contributed by atoms with van der Waals surface area (Å²) in [5.41, 5.74) is 0.248. The van der Waals surface area contributed by atoms with E-state index in [1.165, 1.54) is 7.11 Å². The Hall–Kier alpha value is -1.36. The zero-order valence-electron chi connectivity index (χ0n) is 10.6. The molecule has 1 unspecified atom stereocenters. The Morgan fingerprint density at radius 1 is 1.71 bits per heavy atom. The summed E-state index contributed by atoms with van der Waals surface area (Å²) in [4.78, 5) is 11.9. The van der Waals surface area contributed by atoms with Crippen molar-refractivity contribution in [2.24, 2.45) is 0 Å². The minimum atomic E-state index is -0.700. The SMILES string of the molecule is COC(=O)C(C)(Cn1ccc(C)n1)NC1CC1. The topological polar surface area (TPSA) is 56.2 Å². The molecule has 1 saturated carbocycles. The Morgan fingerprint density at radius 2 is 2.41 bits per heavy atom. The highest BCUT2D eigenvalue weighted by Gasteiger charge is 2.40. The molecule has 0 radical (unpaired) electrons.